The summed E-state index contributed by atoms with van der Waals surface area (Å²) in [6.07, 6.45) is 1.42. The van der Waals surface area contributed by atoms with E-state index in [0.29, 0.717) is 16.7 Å². The number of benzene rings is 2. The number of hydrogen-bond donors (Lipinski definition) is 1. The lowest BCUT2D eigenvalue weighted by molar-refractivity contribution is 0.0491. The van der Waals surface area contributed by atoms with E-state index in [-0.39, 0.29) is 17.4 Å². The number of ether oxygens (including phenoxy) is 2. The first-order valence-electron chi connectivity index (χ1n) is 9.46. The predicted octanol–water partition coefficient (Wildman–Crippen LogP) is 4.54. The largest absolute Gasteiger partial charge is 0.466 e. The van der Waals surface area contributed by atoms with Crippen molar-refractivity contribution in [3.63, 3.8) is 0 Å². The van der Waals surface area contributed by atoms with Gasteiger partial charge in [0.1, 0.15) is 22.8 Å². The highest BCUT2D eigenvalue weighted by atomic mass is 32.2. The Morgan fingerprint density at radius 1 is 1.06 bits per heavy atom. The van der Waals surface area contributed by atoms with Gasteiger partial charge in [0, 0.05) is 24.2 Å². The molecule has 0 aliphatic rings. The highest BCUT2D eigenvalue weighted by molar-refractivity contribution is 7.92. The van der Waals surface area contributed by atoms with Gasteiger partial charge in [-0.15, -0.1) is 11.3 Å². The molecule has 31 heavy (non-hydrogen) atoms. The first-order chi connectivity index (χ1) is 14.7. The molecular formula is C21H22N4O4S2. The van der Waals surface area contributed by atoms with Crippen molar-refractivity contribution < 1.29 is 17.9 Å². The summed E-state index contributed by atoms with van der Waals surface area (Å²) in [4.78, 5) is 13.1. The third-order valence-electron chi connectivity index (χ3n) is 4.72. The molecule has 0 spiro atoms. The normalized spacial score (nSPS) is 12.4. The van der Waals surface area contributed by atoms with Crippen LogP contribution in [0.3, 0.4) is 0 Å². The molecule has 0 unspecified atom stereocenters. The zero-order chi connectivity index (χ0) is 22.2. The molecule has 162 valence electrons. The Balaban J connectivity index is 1.86. The standard InChI is InChI=1S/C21H22N4O4S2/c1-21(2,3)31(26,27)19-8-14-15(9-17(19)29-12-28-4)22-10-23-20(14)25-13-5-6-18-16(7-13)24-11-30-18/h5-11H,12H2,1-4H3,(H,22,23,25). The van der Waals surface area contributed by atoms with E-state index in [9.17, 15) is 8.42 Å². The number of sulfone groups is 1. The van der Waals surface area contributed by atoms with Crippen molar-refractivity contribution in [1.82, 2.24) is 15.0 Å². The fraction of sp³-hybridized carbons (Fsp3) is 0.286. The number of rotatable bonds is 6. The summed E-state index contributed by atoms with van der Waals surface area (Å²) in [5, 5.41) is 3.83. The Kier molecular flexibility index (Phi) is 5.54. The molecule has 4 rings (SSSR count). The van der Waals surface area contributed by atoms with Crippen molar-refractivity contribution in [2.24, 2.45) is 0 Å². The molecule has 0 radical (unpaired) electrons. The van der Waals surface area contributed by atoms with Crippen LogP contribution in [0.25, 0.3) is 21.1 Å². The topological polar surface area (TPSA) is 103 Å². The molecular weight excluding hydrogens is 436 g/mol. The maximum Gasteiger partial charge on any atom is 0.188 e. The highest BCUT2D eigenvalue weighted by Gasteiger charge is 2.34. The summed E-state index contributed by atoms with van der Waals surface area (Å²) in [7, 11) is -2.24. The fourth-order valence-corrected chi connectivity index (χ4v) is 4.99. The molecule has 0 amide bonds. The molecule has 8 nitrogen and oxygen atoms in total. The van der Waals surface area contributed by atoms with Gasteiger partial charge < -0.3 is 14.8 Å². The Hall–Kier alpha value is -2.82. The van der Waals surface area contributed by atoms with Crippen molar-refractivity contribution in [3.8, 4) is 5.75 Å². The number of anilines is 2. The summed E-state index contributed by atoms with van der Waals surface area (Å²) < 4.78 is 37.2. The zero-order valence-corrected chi connectivity index (χ0v) is 19.2. The van der Waals surface area contributed by atoms with Crippen molar-refractivity contribution in [1.29, 1.82) is 0 Å². The average molecular weight is 459 g/mol. The Labute approximate surface area is 184 Å². The minimum Gasteiger partial charge on any atom is -0.466 e. The third kappa shape index (κ3) is 4.06. The lowest BCUT2D eigenvalue weighted by atomic mass is 10.2. The summed E-state index contributed by atoms with van der Waals surface area (Å²) >= 11 is 1.56. The van der Waals surface area contributed by atoms with Crippen LogP contribution in [0.4, 0.5) is 11.5 Å². The van der Waals surface area contributed by atoms with Gasteiger partial charge in [0.15, 0.2) is 16.6 Å². The number of nitrogens with one attached hydrogen (secondary N) is 1. The van der Waals surface area contributed by atoms with E-state index in [0.717, 1.165) is 15.9 Å². The van der Waals surface area contributed by atoms with Crippen LogP contribution < -0.4 is 10.1 Å². The van der Waals surface area contributed by atoms with Crippen LogP contribution in [0, 0.1) is 0 Å². The van der Waals surface area contributed by atoms with Gasteiger partial charge in [0.2, 0.25) is 0 Å². The highest BCUT2D eigenvalue weighted by Crippen LogP contribution is 2.37. The van der Waals surface area contributed by atoms with Crippen LogP contribution in [0.5, 0.6) is 5.75 Å². The molecule has 4 aromatic rings. The van der Waals surface area contributed by atoms with Crippen molar-refractivity contribution in [2.45, 2.75) is 30.4 Å². The van der Waals surface area contributed by atoms with E-state index >= 15 is 0 Å². The maximum atomic E-state index is 13.3. The summed E-state index contributed by atoms with van der Waals surface area (Å²) in [5.74, 6) is 0.682. The van der Waals surface area contributed by atoms with E-state index in [1.807, 2.05) is 18.2 Å². The summed E-state index contributed by atoms with van der Waals surface area (Å²) in [5.41, 5.74) is 4.00. The zero-order valence-electron chi connectivity index (χ0n) is 17.5. The minimum absolute atomic E-state index is 0.0670. The molecule has 0 aliphatic carbocycles. The molecule has 2 aromatic carbocycles. The van der Waals surface area contributed by atoms with Gasteiger partial charge in [-0.25, -0.2) is 23.4 Å². The van der Waals surface area contributed by atoms with E-state index in [1.165, 1.54) is 13.4 Å². The smallest absolute Gasteiger partial charge is 0.188 e. The van der Waals surface area contributed by atoms with E-state index < -0.39 is 14.6 Å². The SMILES string of the molecule is COCOc1cc2ncnc(Nc3ccc4scnc4c3)c2cc1S(=O)(=O)C(C)(C)C. The van der Waals surface area contributed by atoms with Crippen molar-refractivity contribution >= 4 is 53.8 Å². The van der Waals surface area contributed by atoms with Crippen LogP contribution >= 0.6 is 11.3 Å². The third-order valence-corrected chi connectivity index (χ3v) is 8.04. The van der Waals surface area contributed by atoms with Crippen molar-refractivity contribution in [3.05, 3.63) is 42.2 Å². The first kappa shape index (κ1) is 21.4. The monoisotopic (exact) mass is 458 g/mol. The number of methoxy groups -OCH3 is 1. The number of fused-ring (bicyclic) bond motifs is 2. The van der Waals surface area contributed by atoms with Gasteiger partial charge in [-0.2, -0.15) is 0 Å². The quantitative estimate of drug-likeness (QED) is 0.420. The van der Waals surface area contributed by atoms with Crippen LogP contribution in [0.2, 0.25) is 0 Å². The van der Waals surface area contributed by atoms with Gasteiger partial charge in [0.05, 0.1) is 26.0 Å². The van der Waals surface area contributed by atoms with Gasteiger partial charge in [-0.3, -0.25) is 0 Å². The van der Waals surface area contributed by atoms with Gasteiger partial charge >= 0.3 is 0 Å². The average Bonchev–Trinajstić information content (AvgIpc) is 3.19. The van der Waals surface area contributed by atoms with E-state index in [2.05, 4.69) is 20.3 Å². The van der Waals surface area contributed by atoms with E-state index in [4.69, 9.17) is 9.47 Å². The number of nitrogens with zero attached hydrogens (tertiary/aromatic N) is 3. The number of thiazole rings is 1. The van der Waals surface area contributed by atoms with Crippen molar-refractivity contribution in [2.75, 3.05) is 19.2 Å². The number of aromatic nitrogens is 3. The van der Waals surface area contributed by atoms with Crippen LogP contribution in [0.1, 0.15) is 20.8 Å². The molecule has 0 atom stereocenters. The van der Waals surface area contributed by atoms with E-state index in [1.54, 1.807) is 49.8 Å². The molecule has 0 saturated heterocycles. The molecule has 0 fully saturated rings. The Bertz CT molecular complexity index is 1360. The van der Waals surface area contributed by atoms with Crippen LogP contribution in [-0.4, -0.2) is 42.0 Å². The molecule has 0 aliphatic heterocycles. The van der Waals surface area contributed by atoms with Gasteiger partial charge in [0.25, 0.3) is 0 Å². The summed E-state index contributed by atoms with van der Waals surface area (Å²) in [6, 6.07) is 8.99. The van der Waals surface area contributed by atoms with Gasteiger partial charge in [-0.05, 0) is 45.0 Å². The number of hydrogen-bond acceptors (Lipinski definition) is 9. The maximum absolute atomic E-state index is 13.3. The second-order valence-corrected chi connectivity index (χ2v) is 11.4. The minimum atomic E-state index is -3.71. The van der Waals surface area contributed by atoms with Crippen LogP contribution in [0.15, 0.2) is 47.1 Å². The molecule has 10 heteroatoms. The second-order valence-electron chi connectivity index (χ2n) is 7.86. The molecule has 1 N–H and O–H groups in total. The molecule has 0 bridgehead atoms. The fourth-order valence-electron chi connectivity index (χ4n) is 3.01. The van der Waals surface area contributed by atoms with Crippen LogP contribution in [-0.2, 0) is 14.6 Å². The lowest BCUT2D eigenvalue weighted by Gasteiger charge is -2.22. The molecule has 2 heterocycles. The second kappa shape index (κ2) is 8.03. The predicted molar refractivity (Wildman–Crippen MR) is 122 cm³/mol. The molecule has 0 saturated carbocycles. The first-order valence-corrected chi connectivity index (χ1v) is 11.8. The Morgan fingerprint density at radius 3 is 2.61 bits per heavy atom. The summed E-state index contributed by atoms with van der Waals surface area (Å²) in [6.45, 7) is 4.87. The van der Waals surface area contributed by atoms with Gasteiger partial charge in [-0.1, -0.05) is 0 Å². The Morgan fingerprint density at radius 2 is 1.87 bits per heavy atom. The molecule has 2 aromatic heterocycles. The lowest BCUT2D eigenvalue weighted by Crippen LogP contribution is -2.28.